The van der Waals surface area contributed by atoms with E-state index in [0.717, 1.165) is 42.6 Å². The summed E-state index contributed by atoms with van der Waals surface area (Å²) in [5, 5.41) is 3.63. The van der Waals surface area contributed by atoms with Crippen molar-refractivity contribution in [1.29, 1.82) is 0 Å². The number of alkyl halides is 1. The minimum Gasteiger partial charge on any atom is -0.371 e. The molecule has 1 unspecified atom stereocenters. The van der Waals surface area contributed by atoms with Gasteiger partial charge in [0.1, 0.15) is 0 Å². The molecule has 6 heteroatoms. The van der Waals surface area contributed by atoms with Gasteiger partial charge in [-0.3, -0.25) is 4.79 Å². The van der Waals surface area contributed by atoms with Crippen LogP contribution in [0.25, 0.3) is 10.2 Å². The molecule has 1 saturated heterocycles. The Morgan fingerprint density at radius 2 is 2.17 bits per heavy atom. The Labute approximate surface area is 155 Å². The third kappa shape index (κ3) is 4.28. The van der Waals surface area contributed by atoms with Crippen LogP contribution in [0.2, 0.25) is 0 Å². The predicted octanol–water partition coefficient (Wildman–Crippen LogP) is 5.18. The summed E-state index contributed by atoms with van der Waals surface area (Å²) < 4.78 is 1.13. The Balaban J connectivity index is 1.70. The van der Waals surface area contributed by atoms with Crippen LogP contribution in [-0.2, 0) is 4.79 Å². The number of benzene rings is 1. The van der Waals surface area contributed by atoms with Gasteiger partial charge in [0.25, 0.3) is 0 Å². The van der Waals surface area contributed by atoms with Crippen molar-refractivity contribution in [3.63, 3.8) is 0 Å². The normalized spacial score (nSPS) is 16.3. The number of hydrogen-bond acceptors (Lipinski definition) is 4. The van der Waals surface area contributed by atoms with Crippen molar-refractivity contribution in [1.82, 2.24) is 4.98 Å². The van der Waals surface area contributed by atoms with Gasteiger partial charge in [-0.05, 0) is 43.9 Å². The van der Waals surface area contributed by atoms with Crippen molar-refractivity contribution in [3.05, 3.63) is 18.2 Å². The van der Waals surface area contributed by atoms with Gasteiger partial charge in [0.05, 0.1) is 15.0 Å². The maximum Gasteiger partial charge on any atom is 0.239 e. The summed E-state index contributed by atoms with van der Waals surface area (Å²) in [6.07, 6.45) is 6.87. The molecule has 0 radical (unpaired) electrons. The minimum atomic E-state index is -0.145. The molecule has 3 rings (SSSR count). The molecule has 1 amide bonds. The second-order valence-corrected chi connectivity index (χ2v) is 8.45. The van der Waals surface area contributed by atoms with E-state index in [1.807, 2.05) is 0 Å². The third-order valence-corrected chi connectivity index (χ3v) is 6.23. The average molecular weight is 410 g/mol. The number of unbranched alkanes of at least 4 members (excludes halogenated alkanes) is 1. The van der Waals surface area contributed by atoms with Crippen LogP contribution in [0.15, 0.2) is 18.2 Å². The molecular weight excluding hydrogens is 386 g/mol. The number of hydrogen-bond donors (Lipinski definition) is 1. The molecule has 2 aromatic rings. The van der Waals surface area contributed by atoms with Crippen LogP contribution in [0.4, 0.5) is 10.8 Å². The summed E-state index contributed by atoms with van der Waals surface area (Å²) in [6, 6.07) is 6.41. The molecule has 1 fully saturated rings. The number of amides is 1. The zero-order valence-corrected chi connectivity index (χ0v) is 16.5. The van der Waals surface area contributed by atoms with Gasteiger partial charge in [0, 0.05) is 18.8 Å². The Hall–Kier alpha value is -1.14. The molecule has 1 aliphatic heterocycles. The summed E-state index contributed by atoms with van der Waals surface area (Å²) in [4.78, 5) is 19.1. The van der Waals surface area contributed by atoms with Crippen molar-refractivity contribution in [3.8, 4) is 0 Å². The highest BCUT2D eigenvalue weighted by molar-refractivity contribution is 9.10. The van der Waals surface area contributed by atoms with Gasteiger partial charge in [-0.2, -0.15) is 0 Å². The van der Waals surface area contributed by atoms with Crippen molar-refractivity contribution in [2.75, 3.05) is 23.3 Å². The van der Waals surface area contributed by atoms with Gasteiger partial charge in [-0.25, -0.2) is 4.98 Å². The molecule has 1 aliphatic rings. The first-order valence-corrected chi connectivity index (χ1v) is 10.5. The van der Waals surface area contributed by atoms with Crippen LogP contribution in [-0.4, -0.2) is 28.8 Å². The van der Waals surface area contributed by atoms with E-state index in [1.165, 1.54) is 24.9 Å². The Kier molecular flexibility index (Phi) is 6.11. The van der Waals surface area contributed by atoms with Crippen LogP contribution in [0.1, 0.15) is 45.4 Å². The summed E-state index contributed by atoms with van der Waals surface area (Å²) in [5.41, 5.74) is 2.22. The fraction of sp³-hybridized carbons (Fsp3) is 0.556. The number of nitrogens with one attached hydrogen (secondary N) is 1. The Morgan fingerprint density at radius 1 is 1.38 bits per heavy atom. The zero-order chi connectivity index (χ0) is 16.9. The van der Waals surface area contributed by atoms with Crippen molar-refractivity contribution < 1.29 is 4.79 Å². The van der Waals surface area contributed by atoms with E-state index in [1.54, 1.807) is 11.3 Å². The monoisotopic (exact) mass is 409 g/mol. The number of piperidine rings is 1. The number of aromatic nitrogens is 1. The molecule has 4 nitrogen and oxygen atoms in total. The molecule has 0 saturated carbocycles. The molecule has 2 heterocycles. The van der Waals surface area contributed by atoms with Crippen LogP contribution in [0.5, 0.6) is 0 Å². The first kappa shape index (κ1) is 17.7. The summed E-state index contributed by atoms with van der Waals surface area (Å²) >= 11 is 5.02. The highest BCUT2D eigenvalue weighted by Crippen LogP contribution is 2.31. The van der Waals surface area contributed by atoms with Crippen molar-refractivity contribution in [2.45, 2.75) is 50.3 Å². The predicted molar refractivity (Wildman–Crippen MR) is 107 cm³/mol. The van der Waals surface area contributed by atoms with E-state index in [2.05, 4.69) is 56.3 Å². The van der Waals surface area contributed by atoms with E-state index in [9.17, 15) is 4.79 Å². The Morgan fingerprint density at radius 3 is 2.92 bits per heavy atom. The number of fused-ring (bicyclic) bond motifs is 1. The summed E-state index contributed by atoms with van der Waals surface area (Å²) in [5.74, 6) is -0.00115. The third-order valence-electron chi connectivity index (χ3n) is 4.42. The van der Waals surface area contributed by atoms with Crippen LogP contribution >= 0.6 is 27.3 Å². The largest absolute Gasteiger partial charge is 0.371 e. The number of thiazole rings is 1. The van der Waals surface area contributed by atoms with Gasteiger partial charge in [0.15, 0.2) is 5.13 Å². The molecule has 1 N–H and O–H groups in total. The molecule has 1 aromatic carbocycles. The van der Waals surface area contributed by atoms with Gasteiger partial charge in [0.2, 0.25) is 5.91 Å². The first-order valence-electron chi connectivity index (χ1n) is 8.78. The zero-order valence-electron chi connectivity index (χ0n) is 14.1. The standard InChI is InChI=1S/C18H24BrN3OS/c1-2-3-7-14(19)17(23)21-18-20-15-9-8-13(12-16(15)24-18)22-10-5-4-6-11-22/h8-9,12,14H,2-7,10-11H2,1H3,(H,20,21,23). The number of carbonyl (C=O) groups is 1. The first-order chi connectivity index (χ1) is 11.7. The molecule has 0 bridgehead atoms. The highest BCUT2D eigenvalue weighted by atomic mass is 79.9. The lowest BCUT2D eigenvalue weighted by Crippen LogP contribution is -2.29. The molecular formula is C18H24BrN3OS. The highest BCUT2D eigenvalue weighted by Gasteiger charge is 2.17. The maximum absolute atomic E-state index is 12.2. The van der Waals surface area contributed by atoms with E-state index >= 15 is 0 Å². The molecule has 0 spiro atoms. The molecule has 0 aliphatic carbocycles. The maximum atomic E-state index is 12.2. The second kappa shape index (κ2) is 8.30. The van der Waals surface area contributed by atoms with E-state index < -0.39 is 0 Å². The molecule has 24 heavy (non-hydrogen) atoms. The van der Waals surface area contributed by atoms with E-state index in [-0.39, 0.29) is 10.7 Å². The summed E-state index contributed by atoms with van der Waals surface area (Å²) in [6.45, 7) is 4.40. The number of rotatable bonds is 6. The fourth-order valence-electron chi connectivity index (χ4n) is 3.01. The van der Waals surface area contributed by atoms with Crippen molar-refractivity contribution in [2.24, 2.45) is 0 Å². The smallest absolute Gasteiger partial charge is 0.239 e. The second-order valence-electron chi connectivity index (χ2n) is 6.32. The lowest BCUT2D eigenvalue weighted by molar-refractivity contribution is -0.115. The topological polar surface area (TPSA) is 45.2 Å². The van der Waals surface area contributed by atoms with Crippen LogP contribution in [0.3, 0.4) is 0 Å². The van der Waals surface area contributed by atoms with Gasteiger partial charge in [-0.15, -0.1) is 0 Å². The fourth-order valence-corrected chi connectivity index (χ4v) is 4.35. The van der Waals surface area contributed by atoms with Gasteiger partial charge in [-0.1, -0.05) is 47.0 Å². The van der Waals surface area contributed by atoms with Gasteiger partial charge >= 0.3 is 0 Å². The number of nitrogens with zero attached hydrogens (tertiary/aromatic N) is 2. The molecule has 130 valence electrons. The SMILES string of the molecule is CCCCC(Br)C(=O)Nc1nc2ccc(N3CCCCC3)cc2s1. The summed E-state index contributed by atoms with van der Waals surface area (Å²) in [7, 11) is 0. The van der Waals surface area contributed by atoms with Crippen molar-refractivity contribution >= 4 is 54.2 Å². The van der Waals surface area contributed by atoms with Crippen LogP contribution < -0.4 is 10.2 Å². The quantitative estimate of drug-likeness (QED) is 0.668. The molecule has 1 aromatic heterocycles. The number of anilines is 2. The Bertz CT molecular complexity index is 697. The lowest BCUT2D eigenvalue weighted by Gasteiger charge is -2.28. The van der Waals surface area contributed by atoms with E-state index in [0.29, 0.717) is 5.13 Å². The number of halogens is 1. The number of carbonyl (C=O) groups excluding carboxylic acids is 1. The lowest BCUT2D eigenvalue weighted by atomic mass is 10.1. The van der Waals surface area contributed by atoms with E-state index in [4.69, 9.17) is 0 Å². The van der Waals surface area contributed by atoms with Crippen LogP contribution in [0, 0.1) is 0 Å². The molecule has 1 atom stereocenters. The minimum absolute atomic E-state index is 0.00115. The average Bonchev–Trinajstić information content (AvgIpc) is 3.01. The van der Waals surface area contributed by atoms with Gasteiger partial charge < -0.3 is 10.2 Å².